The van der Waals surface area contributed by atoms with Crippen molar-refractivity contribution >= 4 is 22.5 Å². The summed E-state index contributed by atoms with van der Waals surface area (Å²) in [5, 5.41) is 1.41. The molecule has 0 atom stereocenters. The summed E-state index contributed by atoms with van der Waals surface area (Å²) in [5.74, 6) is 0. The van der Waals surface area contributed by atoms with Crippen molar-refractivity contribution in [1.29, 1.82) is 0 Å². The number of benzene rings is 1. The fourth-order valence-corrected chi connectivity index (χ4v) is 1.18. The summed E-state index contributed by atoms with van der Waals surface area (Å²) in [4.78, 5) is 7.91. The molecule has 14 heavy (non-hydrogen) atoms. The zero-order valence-electron chi connectivity index (χ0n) is 8.37. The highest BCUT2D eigenvalue weighted by Crippen LogP contribution is 2.17. The molecule has 2 nitrogen and oxygen atoms in total. The van der Waals surface area contributed by atoms with Gasteiger partial charge in [-0.2, -0.15) is 0 Å². The molecule has 74 valence electrons. The SMILES string of the molecule is CCC.Clc1ncnc2ccccc12. The Morgan fingerprint density at radius 3 is 2.43 bits per heavy atom. The number of para-hydroxylation sites is 1. The van der Waals surface area contributed by atoms with Gasteiger partial charge in [0.1, 0.15) is 11.5 Å². The summed E-state index contributed by atoms with van der Waals surface area (Å²) in [5.41, 5.74) is 0.882. The van der Waals surface area contributed by atoms with Crippen LogP contribution in [0.25, 0.3) is 10.9 Å². The van der Waals surface area contributed by atoms with Crippen molar-refractivity contribution in [3.05, 3.63) is 35.7 Å². The van der Waals surface area contributed by atoms with Crippen LogP contribution in [0.3, 0.4) is 0 Å². The third-order valence-electron chi connectivity index (χ3n) is 1.49. The van der Waals surface area contributed by atoms with Gasteiger partial charge in [-0.05, 0) is 12.1 Å². The van der Waals surface area contributed by atoms with Crippen molar-refractivity contribution < 1.29 is 0 Å². The van der Waals surface area contributed by atoms with E-state index in [1.165, 1.54) is 12.7 Å². The van der Waals surface area contributed by atoms with Gasteiger partial charge in [0.2, 0.25) is 0 Å². The van der Waals surface area contributed by atoms with Gasteiger partial charge in [0.05, 0.1) is 5.52 Å². The molecule has 0 saturated carbocycles. The van der Waals surface area contributed by atoms with Crippen molar-refractivity contribution in [2.24, 2.45) is 0 Å². The Kier molecular flexibility index (Phi) is 4.33. The van der Waals surface area contributed by atoms with Crippen molar-refractivity contribution in [3.63, 3.8) is 0 Å². The maximum atomic E-state index is 5.81. The number of hydrogen-bond donors (Lipinski definition) is 0. The van der Waals surface area contributed by atoms with Gasteiger partial charge in [0.15, 0.2) is 0 Å². The van der Waals surface area contributed by atoms with E-state index in [1.807, 2.05) is 24.3 Å². The first-order valence-electron chi connectivity index (χ1n) is 4.64. The second-order valence-corrected chi connectivity index (χ2v) is 3.25. The highest BCUT2D eigenvalue weighted by Gasteiger charge is 1.96. The topological polar surface area (TPSA) is 25.8 Å². The van der Waals surface area contributed by atoms with E-state index < -0.39 is 0 Å². The number of halogens is 1. The lowest BCUT2D eigenvalue weighted by Gasteiger charge is -1.95. The van der Waals surface area contributed by atoms with Crippen molar-refractivity contribution in [2.45, 2.75) is 20.3 Å². The highest BCUT2D eigenvalue weighted by molar-refractivity contribution is 6.33. The number of aromatic nitrogens is 2. The second-order valence-electron chi connectivity index (χ2n) is 2.89. The molecule has 1 aromatic carbocycles. The van der Waals surface area contributed by atoms with Gasteiger partial charge >= 0.3 is 0 Å². The zero-order chi connectivity index (χ0) is 10.4. The third kappa shape index (κ3) is 2.67. The maximum Gasteiger partial charge on any atom is 0.140 e. The lowest BCUT2D eigenvalue weighted by Crippen LogP contribution is -1.81. The first-order chi connectivity index (χ1) is 6.79. The molecule has 0 bridgehead atoms. The van der Waals surface area contributed by atoms with E-state index in [4.69, 9.17) is 11.6 Å². The van der Waals surface area contributed by atoms with E-state index in [9.17, 15) is 0 Å². The van der Waals surface area contributed by atoms with Crippen LogP contribution in [0, 0.1) is 0 Å². The Hall–Kier alpha value is -1.15. The van der Waals surface area contributed by atoms with Crippen LogP contribution in [0.5, 0.6) is 0 Å². The molecule has 0 fully saturated rings. The summed E-state index contributed by atoms with van der Waals surface area (Å²) in [6.07, 6.45) is 2.71. The average molecular weight is 209 g/mol. The third-order valence-corrected chi connectivity index (χ3v) is 1.80. The van der Waals surface area contributed by atoms with Gasteiger partial charge in [-0.3, -0.25) is 0 Å². The Balaban J connectivity index is 0.000000293. The predicted octanol–water partition coefficient (Wildman–Crippen LogP) is 3.70. The molecule has 0 N–H and O–H groups in total. The molecule has 2 aromatic rings. The second kappa shape index (κ2) is 5.55. The predicted molar refractivity (Wildman–Crippen MR) is 60.5 cm³/mol. The molecule has 0 radical (unpaired) electrons. The van der Waals surface area contributed by atoms with Crippen LogP contribution >= 0.6 is 11.6 Å². The van der Waals surface area contributed by atoms with Crippen LogP contribution in [0.4, 0.5) is 0 Å². The summed E-state index contributed by atoms with van der Waals surface area (Å²) in [6.45, 7) is 4.25. The first kappa shape index (κ1) is 10.9. The van der Waals surface area contributed by atoms with Gasteiger partial charge in [-0.1, -0.05) is 44.0 Å². The monoisotopic (exact) mass is 208 g/mol. The van der Waals surface area contributed by atoms with Crippen molar-refractivity contribution in [3.8, 4) is 0 Å². The molecular formula is C11H13ClN2. The average Bonchev–Trinajstić information content (AvgIpc) is 2.20. The Morgan fingerprint density at radius 1 is 1.14 bits per heavy atom. The van der Waals surface area contributed by atoms with E-state index in [0.717, 1.165) is 10.9 Å². The lowest BCUT2D eigenvalue weighted by molar-refractivity contribution is 1.09. The molecule has 0 aliphatic rings. The van der Waals surface area contributed by atoms with Gasteiger partial charge in [0, 0.05) is 5.39 Å². The summed E-state index contributed by atoms with van der Waals surface area (Å²) in [6, 6.07) is 7.64. The fourth-order valence-electron chi connectivity index (χ4n) is 0.972. The van der Waals surface area contributed by atoms with Gasteiger partial charge in [-0.15, -0.1) is 0 Å². The van der Waals surface area contributed by atoms with Crippen LogP contribution in [-0.2, 0) is 0 Å². The van der Waals surface area contributed by atoms with Crippen LogP contribution < -0.4 is 0 Å². The minimum atomic E-state index is 0.510. The van der Waals surface area contributed by atoms with E-state index in [-0.39, 0.29) is 0 Å². The largest absolute Gasteiger partial charge is 0.236 e. The van der Waals surface area contributed by atoms with Crippen molar-refractivity contribution in [1.82, 2.24) is 9.97 Å². The molecule has 1 heterocycles. The van der Waals surface area contributed by atoms with Crippen LogP contribution in [0.1, 0.15) is 20.3 Å². The summed E-state index contributed by atoms with van der Waals surface area (Å²) < 4.78 is 0. The molecule has 0 spiro atoms. The normalized spacial score (nSPS) is 9.36. The quantitative estimate of drug-likeness (QED) is 0.617. The first-order valence-corrected chi connectivity index (χ1v) is 5.02. The molecular weight excluding hydrogens is 196 g/mol. The molecule has 0 saturated heterocycles. The molecule has 0 unspecified atom stereocenters. The minimum Gasteiger partial charge on any atom is -0.236 e. The number of rotatable bonds is 0. The molecule has 0 aliphatic carbocycles. The van der Waals surface area contributed by atoms with Gasteiger partial charge in [-0.25, -0.2) is 9.97 Å². The van der Waals surface area contributed by atoms with E-state index in [1.54, 1.807) is 0 Å². The summed E-state index contributed by atoms with van der Waals surface area (Å²) >= 11 is 5.81. The van der Waals surface area contributed by atoms with Crippen LogP contribution in [-0.4, -0.2) is 9.97 Å². The minimum absolute atomic E-state index is 0.510. The van der Waals surface area contributed by atoms with Gasteiger partial charge in [0.25, 0.3) is 0 Å². The smallest absolute Gasteiger partial charge is 0.140 e. The zero-order valence-corrected chi connectivity index (χ0v) is 9.12. The molecule has 1 aromatic heterocycles. The number of hydrogen-bond acceptors (Lipinski definition) is 2. The van der Waals surface area contributed by atoms with E-state index in [2.05, 4.69) is 23.8 Å². The Bertz CT molecular complexity index is 396. The highest BCUT2D eigenvalue weighted by atomic mass is 35.5. The van der Waals surface area contributed by atoms with Crippen LogP contribution in [0.2, 0.25) is 5.15 Å². The van der Waals surface area contributed by atoms with Crippen molar-refractivity contribution in [2.75, 3.05) is 0 Å². The molecule has 3 heteroatoms. The molecule has 0 amide bonds. The standard InChI is InChI=1S/C8H5ClN2.C3H8/c9-8-6-3-1-2-4-7(6)10-5-11-8;1-3-2/h1-5H;3H2,1-2H3. The number of fused-ring (bicyclic) bond motifs is 1. The van der Waals surface area contributed by atoms with Gasteiger partial charge < -0.3 is 0 Å². The Morgan fingerprint density at radius 2 is 1.79 bits per heavy atom. The van der Waals surface area contributed by atoms with Crippen LogP contribution in [0.15, 0.2) is 30.6 Å². The Labute approximate surface area is 89.0 Å². The summed E-state index contributed by atoms with van der Waals surface area (Å²) in [7, 11) is 0. The number of nitrogens with zero attached hydrogens (tertiary/aromatic N) is 2. The molecule has 2 rings (SSSR count). The van der Waals surface area contributed by atoms with E-state index in [0.29, 0.717) is 5.15 Å². The maximum absolute atomic E-state index is 5.81. The molecule has 0 aliphatic heterocycles. The lowest BCUT2D eigenvalue weighted by atomic mass is 10.2. The van der Waals surface area contributed by atoms with E-state index >= 15 is 0 Å². The fraction of sp³-hybridized carbons (Fsp3) is 0.273.